The number of nitrogens with zero attached hydrogens (tertiary/aromatic N) is 1. The molecule has 0 rings (SSSR count). The Morgan fingerprint density at radius 3 is 1.78 bits per heavy atom. The van der Waals surface area contributed by atoms with Crippen LogP contribution in [0.3, 0.4) is 0 Å². The van der Waals surface area contributed by atoms with Crippen LogP contribution < -0.4 is 4.98 Å². The summed E-state index contributed by atoms with van der Waals surface area (Å²) < 4.78 is 0. The van der Waals surface area contributed by atoms with E-state index in [1.165, 1.54) is 45.3 Å². The standard InChI is InChI=1S/C15H36N2Si/c1-7-14(8-2)18-16-15(9-3,10-4)13-17(11-5)12-6/h14,16H,7-13,18H2,1-6H3. The lowest BCUT2D eigenvalue weighted by molar-refractivity contribution is 0.201. The summed E-state index contributed by atoms with van der Waals surface area (Å²) in [6, 6.07) is 0. The number of likely N-dealkylation sites (N-methyl/N-ethyl adjacent to an activating group) is 1. The largest absolute Gasteiger partial charge is 0.336 e. The molecule has 0 aliphatic heterocycles. The maximum Gasteiger partial charge on any atom is 0.0953 e. The number of nitrogens with one attached hydrogen (secondary N) is 1. The van der Waals surface area contributed by atoms with Gasteiger partial charge in [0, 0.05) is 12.1 Å². The molecule has 0 aromatic rings. The molecule has 0 aliphatic carbocycles. The molecule has 0 aliphatic rings. The summed E-state index contributed by atoms with van der Waals surface area (Å²) in [6.45, 7) is 17.5. The van der Waals surface area contributed by atoms with Crippen LogP contribution in [0, 0.1) is 0 Å². The smallest absolute Gasteiger partial charge is 0.0953 e. The molecule has 0 aromatic carbocycles. The van der Waals surface area contributed by atoms with Gasteiger partial charge in [-0.05, 0) is 31.5 Å². The van der Waals surface area contributed by atoms with Crippen molar-refractivity contribution in [2.24, 2.45) is 0 Å². The third-order valence-electron chi connectivity index (χ3n) is 4.69. The molecule has 110 valence electrons. The zero-order chi connectivity index (χ0) is 14.0. The van der Waals surface area contributed by atoms with Gasteiger partial charge in [-0.1, -0.05) is 54.4 Å². The van der Waals surface area contributed by atoms with Gasteiger partial charge in [-0.25, -0.2) is 0 Å². The second-order valence-electron chi connectivity index (χ2n) is 5.51. The summed E-state index contributed by atoms with van der Waals surface area (Å²) in [5, 5.41) is 0. The minimum absolute atomic E-state index is 0.136. The Kier molecular flexibility index (Phi) is 10.1. The quantitative estimate of drug-likeness (QED) is 0.581. The van der Waals surface area contributed by atoms with E-state index in [9.17, 15) is 0 Å². The molecule has 0 radical (unpaired) electrons. The average molecular weight is 273 g/mol. The van der Waals surface area contributed by atoms with Crippen molar-refractivity contribution in [1.29, 1.82) is 0 Å². The van der Waals surface area contributed by atoms with Crippen molar-refractivity contribution in [3.05, 3.63) is 0 Å². The first-order valence-corrected chi connectivity index (χ1v) is 9.60. The van der Waals surface area contributed by atoms with E-state index in [4.69, 9.17) is 0 Å². The number of hydrogen-bond donors (Lipinski definition) is 1. The summed E-state index contributed by atoms with van der Waals surface area (Å²) in [7, 11) is -0.136. The molecule has 0 heterocycles. The average Bonchev–Trinajstić information content (AvgIpc) is 2.43. The van der Waals surface area contributed by atoms with E-state index in [1.807, 2.05) is 0 Å². The topological polar surface area (TPSA) is 15.3 Å². The van der Waals surface area contributed by atoms with Crippen LogP contribution in [0.2, 0.25) is 5.54 Å². The van der Waals surface area contributed by atoms with Gasteiger partial charge >= 0.3 is 0 Å². The Morgan fingerprint density at radius 2 is 1.44 bits per heavy atom. The number of hydrogen-bond acceptors (Lipinski definition) is 2. The Bertz CT molecular complexity index is 185. The van der Waals surface area contributed by atoms with Crippen molar-refractivity contribution in [1.82, 2.24) is 9.88 Å². The molecular weight excluding hydrogens is 236 g/mol. The van der Waals surface area contributed by atoms with E-state index in [2.05, 4.69) is 51.4 Å². The summed E-state index contributed by atoms with van der Waals surface area (Å²) in [6.07, 6.45) is 5.22. The maximum absolute atomic E-state index is 4.03. The van der Waals surface area contributed by atoms with Crippen molar-refractivity contribution in [3.8, 4) is 0 Å². The van der Waals surface area contributed by atoms with Gasteiger partial charge in [0.15, 0.2) is 0 Å². The van der Waals surface area contributed by atoms with Crippen molar-refractivity contribution >= 4 is 9.68 Å². The molecule has 2 nitrogen and oxygen atoms in total. The van der Waals surface area contributed by atoms with E-state index in [0.717, 1.165) is 5.54 Å². The van der Waals surface area contributed by atoms with Gasteiger partial charge in [0.25, 0.3) is 0 Å². The third-order valence-corrected chi connectivity index (χ3v) is 7.38. The van der Waals surface area contributed by atoms with Crippen LogP contribution >= 0.6 is 0 Å². The predicted molar refractivity (Wildman–Crippen MR) is 87.1 cm³/mol. The molecule has 0 bridgehead atoms. The Hall–Kier alpha value is 0.137. The van der Waals surface area contributed by atoms with Gasteiger partial charge in [-0.3, -0.25) is 0 Å². The zero-order valence-corrected chi connectivity index (χ0v) is 15.1. The summed E-state index contributed by atoms with van der Waals surface area (Å²) in [5.74, 6) is 0. The van der Waals surface area contributed by atoms with Gasteiger partial charge < -0.3 is 9.88 Å². The first kappa shape index (κ1) is 18.1. The molecule has 18 heavy (non-hydrogen) atoms. The molecule has 0 saturated heterocycles. The van der Waals surface area contributed by atoms with E-state index >= 15 is 0 Å². The lowest BCUT2D eigenvalue weighted by Gasteiger charge is -2.38. The van der Waals surface area contributed by atoms with Crippen molar-refractivity contribution in [3.63, 3.8) is 0 Å². The molecule has 0 fully saturated rings. The predicted octanol–water partition coefficient (Wildman–Crippen LogP) is 3.17. The lowest BCUT2D eigenvalue weighted by atomic mass is 9.93. The van der Waals surface area contributed by atoms with E-state index in [-0.39, 0.29) is 9.68 Å². The first-order chi connectivity index (χ1) is 8.61. The van der Waals surface area contributed by atoms with Crippen LogP contribution in [-0.2, 0) is 0 Å². The normalized spacial score (nSPS) is 13.3. The van der Waals surface area contributed by atoms with Crippen LogP contribution in [0.25, 0.3) is 0 Å². The second kappa shape index (κ2) is 9.99. The number of rotatable bonds is 11. The van der Waals surface area contributed by atoms with E-state index in [0.29, 0.717) is 5.54 Å². The van der Waals surface area contributed by atoms with Crippen molar-refractivity contribution in [2.75, 3.05) is 19.6 Å². The Balaban J connectivity index is 4.49. The fourth-order valence-corrected chi connectivity index (χ4v) is 4.50. The van der Waals surface area contributed by atoms with Crippen molar-refractivity contribution < 1.29 is 0 Å². The minimum atomic E-state index is -0.136. The van der Waals surface area contributed by atoms with Gasteiger partial charge in [0.1, 0.15) is 0 Å². The summed E-state index contributed by atoms with van der Waals surface area (Å²) in [5.41, 5.74) is 1.35. The van der Waals surface area contributed by atoms with Gasteiger partial charge in [-0.2, -0.15) is 0 Å². The van der Waals surface area contributed by atoms with Gasteiger partial charge in [-0.15, -0.1) is 0 Å². The van der Waals surface area contributed by atoms with E-state index in [1.54, 1.807) is 0 Å². The molecule has 1 N–H and O–H groups in total. The highest BCUT2D eigenvalue weighted by Crippen LogP contribution is 2.19. The van der Waals surface area contributed by atoms with E-state index < -0.39 is 0 Å². The Labute approximate surface area is 118 Å². The summed E-state index contributed by atoms with van der Waals surface area (Å²) in [4.78, 5) is 6.60. The molecule has 3 heteroatoms. The highest BCUT2D eigenvalue weighted by atomic mass is 28.2. The highest BCUT2D eigenvalue weighted by Gasteiger charge is 2.27. The molecular formula is C15H36N2Si. The molecule has 0 spiro atoms. The van der Waals surface area contributed by atoms with Crippen LogP contribution in [0.15, 0.2) is 0 Å². The molecule has 0 saturated carbocycles. The monoisotopic (exact) mass is 272 g/mol. The minimum Gasteiger partial charge on any atom is -0.336 e. The molecule has 0 aromatic heterocycles. The van der Waals surface area contributed by atoms with Crippen molar-refractivity contribution in [2.45, 2.75) is 78.3 Å². The fourth-order valence-electron chi connectivity index (χ4n) is 2.59. The lowest BCUT2D eigenvalue weighted by Crippen LogP contribution is -2.54. The van der Waals surface area contributed by atoms with Crippen LogP contribution in [0.4, 0.5) is 0 Å². The fraction of sp³-hybridized carbons (Fsp3) is 1.00. The summed E-state index contributed by atoms with van der Waals surface area (Å²) >= 11 is 0. The zero-order valence-electron chi connectivity index (χ0n) is 13.7. The molecule has 0 atom stereocenters. The second-order valence-corrected chi connectivity index (χ2v) is 7.43. The first-order valence-electron chi connectivity index (χ1n) is 8.08. The Morgan fingerprint density at radius 1 is 0.944 bits per heavy atom. The maximum atomic E-state index is 4.03. The SMILES string of the molecule is CCC(CC)[SiH2]NC(CC)(CC)CN(CC)CC. The van der Waals surface area contributed by atoms with Crippen LogP contribution in [0.1, 0.15) is 67.2 Å². The highest BCUT2D eigenvalue weighted by molar-refractivity contribution is 6.34. The molecule has 0 unspecified atom stereocenters. The van der Waals surface area contributed by atoms with Gasteiger partial charge in [0.05, 0.1) is 9.68 Å². The van der Waals surface area contributed by atoms with Crippen LogP contribution in [0.5, 0.6) is 0 Å². The third kappa shape index (κ3) is 5.85. The molecule has 0 amide bonds. The van der Waals surface area contributed by atoms with Gasteiger partial charge in [0.2, 0.25) is 0 Å². The van der Waals surface area contributed by atoms with Crippen LogP contribution in [-0.4, -0.2) is 39.8 Å².